The van der Waals surface area contributed by atoms with Gasteiger partial charge in [0.1, 0.15) is 11.8 Å². The predicted molar refractivity (Wildman–Crippen MR) is 94.0 cm³/mol. The molecule has 5 nitrogen and oxygen atoms in total. The van der Waals surface area contributed by atoms with Gasteiger partial charge in [0.15, 0.2) is 0 Å². The minimum Gasteiger partial charge on any atom is -0.497 e. The summed E-state index contributed by atoms with van der Waals surface area (Å²) < 4.78 is 5.15. The normalized spacial score (nSPS) is 17.3. The van der Waals surface area contributed by atoms with E-state index in [4.69, 9.17) is 27.9 Å². The Balaban J connectivity index is 1.82. The summed E-state index contributed by atoms with van der Waals surface area (Å²) >= 11 is 11.9. The number of methoxy groups -OCH3 is 1. The van der Waals surface area contributed by atoms with Gasteiger partial charge in [-0.3, -0.25) is 9.59 Å². The van der Waals surface area contributed by atoms with Gasteiger partial charge >= 0.3 is 0 Å². The van der Waals surface area contributed by atoms with Crippen molar-refractivity contribution in [3.8, 4) is 5.75 Å². The van der Waals surface area contributed by atoms with Crippen molar-refractivity contribution >= 4 is 46.4 Å². The van der Waals surface area contributed by atoms with Crippen molar-refractivity contribution < 1.29 is 14.3 Å². The number of anilines is 2. The molecular formula is C17H14Cl2N2O3. The fraction of sp³-hybridized carbons (Fsp3) is 0.176. The minimum absolute atomic E-state index is 0.0658. The molecule has 0 aromatic heterocycles. The van der Waals surface area contributed by atoms with Gasteiger partial charge in [-0.25, -0.2) is 4.90 Å². The van der Waals surface area contributed by atoms with Crippen LogP contribution in [-0.4, -0.2) is 25.0 Å². The van der Waals surface area contributed by atoms with Crippen molar-refractivity contribution in [1.82, 2.24) is 0 Å². The lowest BCUT2D eigenvalue weighted by atomic mass is 10.2. The van der Waals surface area contributed by atoms with Gasteiger partial charge in [-0.2, -0.15) is 0 Å². The molecule has 0 bridgehead atoms. The molecule has 1 atom stereocenters. The topological polar surface area (TPSA) is 58.6 Å². The average molecular weight is 365 g/mol. The highest BCUT2D eigenvalue weighted by Gasteiger charge is 2.39. The molecule has 2 amide bonds. The van der Waals surface area contributed by atoms with E-state index in [9.17, 15) is 9.59 Å². The van der Waals surface area contributed by atoms with E-state index in [2.05, 4.69) is 5.32 Å². The molecule has 24 heavy (non-hydrogen) atoms. The Morgan fingerprint density at radius 1 is 1.12 bits per heavy atom. The average Bonchev–Trinajstić information content (AvgIpc) is 2.84. The molecule has 1 saturated heterocycles. The van der Waals surface area contributed by atoms with Crippen LogP contribution in [0.15, 0.2) is 42.5 Å². The lowest BCUT2D eigenvalue weighted by Gasteiger charge is -2.17. The second kappa shape index (κ2) is 6.71. The Labute approximate surface area is 149 Å². The first kappa shape index (κ1) is 16.6. The van der Waals surface area contributed by atoms with Crippen molar-refractivity contribution in [2.24, 2.45) is 0 Å². The fourth-order valence-electron chi connectivity index (χ4n) is 2.55. The zero-order valence-corrected chi connectivity index (χ0v) is 14.3. The third-order valence-electron chi connectivity index (χ3n) is 3.72. The second-order valence-electron chi connectivity index (χ2n) is 5.30. The number of ether oxygens (including phenoxy) is 1. The van der Waals surface area contributed by atoms with E-state index >= 15 is 0 Å². The van der Waals surface area contributed by atoms with Gasteiger partial charge in [0.2, 0.25) is 5.91 Å². The molecule has 1 heterocycles. The standard InChI is InChI=1S/C17H14Cl2N2O3/c1-24-12-4-2-3-10(7-12)20-15-9-16(22)21(17(15)23)11-5-6-13(18)14(19)8-11/h2-8,15,20H,9H2,1H3/t15-/m0/s1. The molecular weight excluding hydrogens is 351 g/mol. The summed E-state index contributed by atoms with van der Waals surface area (Å²) in [5, 5.41) is 3.73. The van der Waals surface area contributed by atoms with E-state index in [1.54, 1.807) is 37.4 Å². The molecule has 1 aliphatic heterocycles. The number of amides is 2. The number of rotatable bonds is 4. The lowest BCUT2D eigenvalue weighted by molar-refractivity contribution is -0.121. The number of hydrogen-bond acceptors (Lipinski definition) is 4. The Kier molecular flexibility index (Phi) is 4.64. The van der Waals surface area contributed by atoms with Gasteiger partial charge in [-0.05, 0) is 30.3 Å². The van der Waals surface area contributed by atoms with Crippen molar-refractivity contribution in [2.75, 3.05) is 17.3 Å². The van der Waals surface area contributed by atoms with Crippen molar-refractivity contribution in [3.05, 3.63) is 52.5 Å². The van der Waals surface area contributed by atoms with Gasteiger partial charge in [-0.15, -0.1) is 0 Å². The number of nitrogens with zero attached hydrogens (tertiary/aromatic N) is 1. The molecule has 0 unspecified atom stereocenters. The molecule has 1 N–H and O–H groups in total. The van der Waals surface area contributed by atoms with Gasteiger partial charge in [0.25, 0.3) is 5.91 Å². The summed E-state index contributed by atoms with van der Waals surface area (Å²) in [5.74, 6) is 0.0399. The van der Waals surface area contributed by atoms with Crippen molar-refractivity contribution in [2.45, 2.75) is 12.5 Å². The Morgan fingerprint density at radius 2 is 1.92 bits per heavy atom. The van der Waals surface area contributed by atoms with Crippen LogP contribution in [-0.2, 0) is 9.59 Å². The van der Waals surface area contributed by atoms with E-state index in [1.807, 2.05) is 6.07 Å². The first-order valence-corrected chi connectivity index (χ1v) is 7.97. The van der Waals surface area contributed by atoms with Gasteiger partial charge < -0.3 is 10.1 Å². The number of carbonyl (C=O) groups is 2. The molecule has 0 spiro atoms. The smallest absolute Gasteiger partial charge is 0.256 e. The van der Waals surface area contributed by atoms with E-state index in [0.29, 0.717) is 27.2 Å². The number of halogens is 2. The predicted octanol–water partition coefficient (Wildman–Crippen LogP) is 3.75. The first-order valence-electron chi connectivity index (χ1n) is 7.22. The lowest BCUT2D eigenvalue weighted by Crippen LogP contribution is -2.34. The van der Waals surface area contributed by atoms with Crippen LogP contribution in [0.1, 0.15) is 6.42 Å². The summed E-state index contributed by atoms with van der Waals surface area (Å²) in [7, 11) is 1.56. The van der Waals surface area contributed by atoms with Crippen LogP contribution < -0.4 is 15.0 Å². The molecule has 7 heteroatoms. The first-order chi connectivity index (χ1) is 11.5. The highest BCUT2D eigenvalue weighted by Crippen LogP contribution is 2.31. The molecule has 3 rings (SSSR count). The maximum Gasteiger partial charge on any atom is 0.256 e. The largest absolute Gasteiger partial charge is 0.497 e. The summed E-state index contributed by atoms with van der Waals surface area (Å²) in [6.07, 6.45) is 0.0658. The van der Waals surface area contributed by atoms with Crippen LogP contribution in [0.3, 0.4) is 0 Å². The Bertz CT molecular complexity index is 810. The number of hydrogen-bond donors (Lipinski definition) is 1. The van der Waals surface area contributed by atoms with Gasteiger partial charge in [-0.1, -0.05) is 29.3 Å². The monoisotopic (exact) mass is 364 g/mol. The van der Waals surface area contributed by atoms with Crippen LogP contribution in [0.5, 0.6) is 5.75 Å². The van der Waals surface area contributed by atoms with Crippen LogP contribution in [0.4, 0.5) is 11.4 Å². The van der Waals surface area contributed by atoms with E-state index in [1.165, 1.54) is 6.07 Å². The quantitative estimate of drug-likeness (QED) is 0.839. The third kappa shape index (κ3) is 3.18. The molecule has 0 radical (unpaired) electrons. The third-order valence-corrected chi connectivity index (χ3v) is 4.46. The zero-order chi connectivity index (χ0) is 17.3. The Hall–Kier alpha value is -2.24. The highest BCUT2D eigenvalue weighted by atomic mass is 35.5. The molecule has 1 aliphatic rings. The summed E-state index contributed by atoms with van der Waals surface area (Å²) in [6, 6.07) is 11.2. The maximum absolute atomic E-state index is 12.6. The maximum atomic E-state index is 12.6. The molecule has 1 fully saturated rings. The van der Waals surface area contributed by atoms with Gasteiger partial charge in [0, 0.05) is 11.8 Å². The number of carbonyl (C=O) groups excluding carboxylic acids is 2. The number of nitrogens with one attached hydrogen (secondary N) is 1. The summed E-state index contributed by atoms with van der Waals surface area (Å²) in [5.41, 5.74) is 1.12. The zero-order valence-electron chi connectivity index (χ0n) is 12.8. The van der Waals surface area contributed by atoms with E-state index < -0.39 is 6.04 Å². The summed E-state index contributed by atoms with van der Waals surface area (Å²) in [4.78, 5) is 26.0. The van der Waals surface area contributed by atoms with Crippen LogP contribution in [0, 0.1) is 0 Å². The van der Waals surface area contributed by atoms with Crippen molar-refractivity contribution in [1.29, 1.82) is 0 Å². The fourth-order valence-corrected chi connectivity index (χ4v) is 2.85. The second-order valence-corrected chi connectivity index (χ2v) is 6.11. The van der Waals surface area contributed by atoms with Crippen LogP contribution >= 0.6 is 23.2 Å². The van der Waals surface area contributed by atoms with Crippen molar-refractivity contribution in [3.63, 3.8) is 0 Å². The summed E-state index contributed by atoms with van der Waals surface area (Å²) in [6.45, 7) is 0. The molecule has 2 aromatic rings. The number of imide groups is 1. The van der Waals surface area contributed by atoms with Crippen LogP contribution in [0.25, 0.3) is 0 Å². The van der Waals surface area contributed by atoms with E-state index in [0.717, 1.165) is 4.90 Å². The minimum atomic E-state index is -0.640. The molecule has 2 aromatic carbocycles. The van der Waals surface area contributed by atoms with E-state index in [-0.39, 0.29) is 18.2 Å². The molecule has 124 valence electrons. The highest BCUT2D eigenvalue weighted by molar-refractivity contribution is 6.42. The molecule has 0 saturated carbocycles. The van der Waals surface area contributed by atoms with Crippen LogP contribution in [0.2, 0.25) is 10.0 Å². The van der Waals surface area contributed by atoms with Gasteiger partial charge in [0.05, 0.1) is 29.3 Å². The Morgan fingerprint density at radius 3 is 2.62 bits per heavy atom. The molecule has 0 aliphatic carbocycles. The number of benzene rings is 2. The SMILES string of the molecule is COc1cccc(N[C@H]2CC(=O)N(c3ccc(Cl)c(Cl)c3)C2=O)c1.